The second-order valence-electron chi connectivity index (χ2n) is 6.23. The van der Waals surface area contributed by atoms with Crippen LogP contribution in [0.5, 0.6) is 0 Å². The molecule has 0 aliphatic heterocycles. The van der Waals surface area contributed by atoms with Crippen LogP contribution in [-0.2, 0) is 16.1 Å². The Morgan fingerprint density at radius 3 is 2.46 bits per heavy atom. The summed E-state index contributed by atoms with van der Waals surface area (Å²) in [4.78, 5) is 26.3. The van der Waals surface area contributed by atoms with E-state index in [-0.39, 0.29) is 5.91 Å². The Balaban J connectivity index is 1.96. The average molecular weight is 373 g/mol. The monoisotopic (exact) mass is 373 g/mol. The number of aryl methyl sites for hydroxylation is 1. The topological polar surface area (TPSA) is 59.8 Å². The number of methoxy groups -OCH3 is 1. The van der Waals surface area contributed by atoms with Crippen LogP contribution in [0.2, 0.25) is 0 Å². The van der Waals surface area contributed by atoms with Gasteiger partial charge in [-0.15, -0.1) is 11.8 Å². The molecule has 0 aliphatic rings. The number of benzene rings is 2. The summed E-state index contributed by atoms with van der Waals surface area (Å²) < 4.78 is 4.73. The number of ether oxygens (including phenoxy) is 1. The number of hydrogen-bond donors (Lipinski definition) is 2. The molecule has 1 atom stereocenters. The molecule has 6 heteroatoms. The van der Waals surface area contributed by atoms with Gasteiger partial charge in [0, 0.05) is 16.1 Å². The van der Waals surface area contributed by atoms with Crippen LogP contribution in [0.3, 0.4) is 0 Å². The average Bonchev–Trinajstić information content (AvgIpc) is 2.63. The fourth-order valence-electron chi connectivity index (χ4n) is 2.62. The van der Waals surface area contributed by atoms with Crippen molar-refractivity contribution >= 4 is 29.3 Å². The van der Waals surface area contributed by atoms with Crippen LogP contribution in [0.25, 0.3) is 0 Å². The predicted octanol–water partition coefficient (Wildman–Crippen LogP) is 2.16. The standard InChI is InChI=1S/C20H24N2O3S/c1-14-5-8-16(20(24)25-3)11-18(14)21-19(23)13-22(2)12-15-6-9-17(26-4)10-7-15/h5-11H,12-13H2,1-4H3,(H,21,23)/p+1. The van der Waals surface area contributed by atoms with Crippen LogP contribution in [-0.4, -0.2) is 38.8 Å². The second kappa shape index (κ2) is 9.40. The molecule has 0 aromatic heterocycles. The lowest BCUT2D eigenvalue weighted by Crippen LogP contribution is -3.08. The molecule has 0 saturated carbocycles. The third-order valence-corrected chi connectivity index (χ3v) is 4.80. The minimum absolute atomic E-state index is 0.0895. The van der Waals surface area contributed by atoms with Gasteiger partial charge in [0.05, 0.1) is 19.7 Å². The van der Waals surface area contributed by atoms with E-state index in [2.05, 4.69) is 29.6 Å². The number of likely N-dealkylation sites (N-methyl/N-ethyl adjacent to an activating group) is 1. The third-order valence-electron chi connectivity index (χ3n) is 4.06. The number of quaternary nitrogens is 1. The SMILES string of the molecule is COC(=O)c1ccc(C)c(NC(=O)C[NH+](C)Cc2ccc(SC)cc2)c1. The Morgan fingerprint density at radius 1 is 1.15 bits per heavy atom. The highest BCUT2D eigenvalue weighted by Gasteiger charge is 2.14. The molecule has 0 bridgehead atoms. The first kappa shape index (κ1) is 20.0. The maximum Gasteiger partial charge on any atom is 0.337 e. The summed E-state index contributed by atoms with van der Waals surface area (Å²) in [7, 11) is 3.32. The van der Waals surface area contributed by atoms with Crippen LogP contribution >= 0.6 is 11.8 Å². The van der Waals surface area contributed by atoms with E-state index in [9.17, 15) is 9.59 Å². The lowest BCUT2D eigenvalue weighted by molar-refractivity contribution is -0.885. The van der Waals surface area contributed by atoms with Gasteiger partial charge in [-0.3, -0.25) is 4.79 Å². The molecule has 2 aromatic carbocycles. The van der Waals surface area contributed by atoms with Crippen molar-refractivity contribution in [2.75, 3.05) is 32.3 Å². The van der Waals surface area contributed by atoms with Gasteiger partial charge in [-0.25, -0.2) is 4.79 Å². The summed E-state index contributed by atoms with van der Waals surface area (Å²) in [5.74, 6) is -0.509. The first-order chi connectivity index (χ1) is 12.4. The van der Waals surface area contributed by atoms with Crippen LogP contribution in [0.15, 0.2) is 47.4 Å². The smallest absolute Gasteiger partial charge is 0.337 e. The summed E-state index contributed by atoms with van der Waals surface area (Å²) in [6, 6.07) is 13.5. The molecule has 2 N–H and O–H groups in total. The zero-order valence-corrected chi connectivity index (χ0v) is 16.4. The largest absolute Gasteiger partial charge is 0.465 e. The molecular weight excluding hydrogens is 348 g/mol. The fourth-order valence-corrected chi connectivity index (χ4v) is 3.03. The molecule has 1 unspecified atom stereocenters. The van der Waals surface area contributed by atoms with Crippen molar-refractivity contribution in [3.63, 3.8) is 0 Å². The Morgan fingerprint density at radius 2 is 1.85 bits per heavy atom. The number of carbonyl (C=O) groups is 2. The molecule has 26 heavy (non-hydrogen) atoms. The Hall–Kier alpha value is -2.31. The van der Waals surface area contributed by atoms with E-state index in [0.717, 1.165) is 17.0 Å². The van der Waals surface area contributed by atoms with E-state index in [1.807, 2.05) is 20.2 Å². The molecular formula is C20H25N2O3S+. The first-order valence-electron chi connectivity index (χ1n) is 8.36. The molecule has 2 aromatic rings. The normalized spacial score (nSPS) is 11.7. The van der Waals surface area contributed by atoms with E-state index in [4.69, 9.17) is 4.74 Å². The van der Waals surface area contributed by atoms with Gasteiger partial charge in [0.1, 0.15) is 6.54 Å². The van der Waals surface area contributed by atoms with E-state index in [0.29, 0.717) is 17.8 Å². The summed E-state index contributed by atoms with van der Waals surface area (Å²) in [6.45, 7) is 3.00. The maximum atomic E-state index is 12.4. The number of amides is 1. The highest BCUT2D eigenvalue weighted by atomic mass is 32.2. The van der Waals surface area contributed by atoms with Crippen LogP contribution in [0, 0.1) is 6.92 Å². The summed E-state index contributed by atoms with van der Waals surface area (Å²) in [5.41, 5.74) is 3.14. The van der Waals surface area contributed by atoms with Crippen molar-refractivity contribution in [3.8, 4) is 0 Å². The number of rotatable bonds is 7. The highest BCUT2D eigenvalue weighted by Crippen LogP contribution is 2.17. The van der Waals surface area contributed by atoms with Crippen molar-refractivity contribution in [3.05, 3.63) is 59.2 Å². The lowest BCUT2D eigenvalue weighted by Gasteiger charge is -2.15. The number of nitrogens with one attached hydrogen (secondary N) is 2. The van der Waals surface area contributed by atoms with Crippen LogP contribution in [0.1, 0.15) is 21.5 Å². The molecule has 2 rings (SSSR count). The Kier molecular flexibility index (Phi) is 7.24. The van der Waals surface area contributed by atoms with Gasteiger partial charge in [-0.1, -0.05) is 18.2 Å². The van der Waals surface area contributed by atoms with Crippen LogP contribution < -0.4 is 10.2 Å². The maximum absolute atomic E-state index is 12.4. The van der Waals surface area contributed by atoms with Gasteiger partial charge in [0.25, 0.3) is 5.91 Å². The van der Waals surface area contributed by atoms with Crippen molar-refractivity contribution in [2.45, 2.75) is 18.4 Å². The molecule has 0 spiro atoms. The van der Waals surface area contributed by atoms with E-state index in [1.165, 1.54) is 17.6 Å². The van der Waals surface area contributed by atoms with Gasteiger partial charge < -0.3 is 15.0 Å². The molecule has 0 saturated heterocycles. The number of thioether (sulfide) groups is 1. The highest BCUT2D eigenvalue weighted by molar-refractivity contribution is 7.98. The minimum atomic E-state index is -0.420. The summed E-state index contributed by atoms with van der Waals surface area (Å²) >= 11 is 1.71. The molecule has 138 valence electrons. The van der Waals surface area contributed by atoms with Gasteiger partial charge >= 0.3 is 5.97 Å². The molecule has 1 amide bonds. The van der Waals surface area contributed by atoms with Crippen LogP contribution in [0.4, 0.5) is 5.69 Å². The van der Waals surface area contributed by atoms with E-state index in [1.54, 1.807) is 30.0 Å². The lowest BCUT2D eigenvalue weighted by atomic mass is 10.1. The summed E-state index contributed by atoms with van der Waals surface area (Å²) in [6.07, 6.45) is 2.05. The number of carbonyl (C=O) groups excluding carboxylic acids is 2. The van der Waals surface area contributed by atoms with Gasteiger partial charge in [-0.2, -0.15) is 0 Å². The fraction of sp³-hybridized carbons (Fsp3) is 0.300. The van der Waals surface area contributed by atoms with Crippen molar-refractivity contribution in [1.82, 2.24) is 0 Å². The molecule has 0 radical (unpaired) electrons. The quantitative estimate of drug-likeness (QED) is 0.577. The van der Waals surface area contributed by atoms with Crippen molar-refractivity contribution in [1.29, 1.82) is 0 Å². The van der Waals surface area contributed by atoms with Crippen molar-refractivity contribution in [2.24, 2.45) is 0 Å². The molecule has 0 heterocycles. The Labute approximate surface area is 158 Å². The number of anilines is 1. The molecule has 0 aliphatic carbocycles. The van der Waals surface area contributed by atoms with E-state index >= 15 is 0 Å². The molecule has 5 nitrogen and oxygen atoms in total. The Bertz CT molecular complexity index is 775. The van der Waals surface area contributed by atoms with Crippen molar-refractivity contribution < 1.29 is 19.2 Å². The van der Waals surface area contributed by atoms with E-state index < -0.39 is 5.97 Å². The first-order valence-corrected chi connectivity index (χ1v) is 9.58. The zero-order valence-electron chi connectivity index (χ0n) is 15.6. The number of hydrogen-bond acceptors (Lipinski definition) is 4. The summed E-state index contributed by atoms with van der Waals surface area (Å²) in [5, 5.41) is 2.89. The van der Waals surface area contributed by atoms with Gasteiger partial charge in [0.2, 0.25) is 0 Å². The predicted molar refractivity (Wildman–Crippen MR) is 105 cm³/mol. The van der Waals surface area contributed by atoms with Gasteiger partial charge in [0.15, 0.2) is 6.54 Å². The third kappa shape index (κ3) is 5.61. The van der Waals surface area contributed by atoms with Gasteiger partial charge in [-0.05, 0) is 43.0 Å². The minimum Gasteiger partial charge on any atom is -0.465 e. The second-order valence-corrected chi connectivity index (χ2v) is 7.11. The molecule has 0 fully saturated rings. The zero-order chi connectivity index (χ0) is 19.1. The number of esters is 1.